The summed E-state index contributed by atoms with van der Waals surface area (Å²) in [5.74, 6) is 1.87. The van der Waals surface area contributed by atoms with E-state index in [1.807, 2.05) is 66.7 Å². The van der Waals surface area contributed by atoms with Crippen molar-refractivity contribution in [3.63, 3.8) is 0 Å². The Morgan fingerprint density at radius 1 is 0.306 bits per heavy atom. The molecule has 49 heavy (non-hydrogen) atoms. The molecule has 0 saturated heterocycles. The Labute approximate surface area is 282 Å². The van der Waals surface area contributed by atoms with Crippen molar-refractivity contribution in [2.75, 3.05) is 0 Å². The third kappa shape index (κ3) is 4.42. The van der Waals surface area contributed by atoms with Crippen molar-refractivity contribution < 1.29 is 4.42 Å². The zero-order chi connectivity index (χ0) is 32.3. The zero-order valence-electron chi connectivity index (χ0n) is 26.3. The smallest absolute Gasteiger partial charge is 0.164 e. The zero-order valence-corrected chi connectivity index (χ0v) is 26.3. The summed E-state index contributed by atoms with van der Waals surface area (Å²) in [5.41, 5.74) is 6.48. The summed E-state index contributed by atoms with van der Waals surface area (Å²) in [6, 6.07) is 56.7. The van der Waals surface area contributed by atoms with Crippen LogP contribution < -0.4 is 0 Å². The predicted octanol–water partition coefficient (Wildman–Crippen LogP) is 11.9. The van der Waals surface area contributed by atoms with Crippen LogP contribution in [0.3, 0.4) is 0 Å². The van der Waals surface area contributed by atoms with Crippen LogP contribution in [0.1, 0.15) is 0 Å². The molecule has 10 rings (SSSR count). The third-order valence-electron chi connectivity index (χ3n) is 9.52. The van der Waals surface area contributed by atoms with Crippen molar-refractivity contribution in [2.45, 2.75) is 0 Å². The number of fused-ring (bicyclic) bond motifs is 9. The van der Waals surface area contributed by atoms with E-state index in [1.165, 1.54) is 32.3 Å². The fourth-order valence-corrected chi connectivity index (χ4v) is 7.25. The second-order valence-electron chi connectivity index (χ2n) is 12.4. The van der Waals surface area contributed by atoms with E-state index in [4.69, 9.17) is 19.4 Å². The second kappa shape index (κ2) is 11.0. The Hall–Kier alpha value is -6.65. The van der Waals surface area contributed by atoms with E-state index in [1.54, 1.807) is 0 Å². The first-order valence-corrected chi connectivity index (χ1v) is 16.5. The van der Waals surface area contributed by atoms with Crippen LogP contribution in [0.15, 0.2) is 168 Å². The molecule has 0 aliphatic carbocycles. The van der Waals surface area contributed by atoms with Gasteiger partial charge in [0.25, 0.3) is 0 Å². The van der Waals surface area contributed by atoms with Crippen LogP contribution in [0, 0.1) is 0 Å². The van der Waals surface area contributed by atoms with E-state index in [9.17, 15) is 0 Å². The molecule has 0 spiro atoms. The van der Waals surface area contributed by atoms with Gasteiger partial charge in [-0.15, -0.1) is 0 Å². The molecular formula is C45H27N3O. The monoisotopic (exact) mass is 625 g/mol. The summed E-state index contributed by atoms with van der Waals surface area (Å²) in [6.07, 6.45) is 0. The number of furan rings is 1. The highest BCUT2D eigenvalue weighted by atomic mass is 16.3. The van der Waals surface area contributed by atoms with Gasteiger partial charge in [-0.05, 0) is 50.0 Å². The maximum atomic E-state index is 6.83. The molecule has 8 aromatic carbocycles. The molecule has 228 valence electrons. The molecule has 2 aromatic heterocycles. The SMILES string of the molecule is c1ccc(-c2nc(-c3ccccc3)nc(-c3ccccc3-c3cccc4c3oc3cc5c6ccccc6c6ccccc6c5cc34)n2)cc1. The summed E-state index contributed by atoms with van der Waals surface area (Å²) in [7, 11) is 0. The largest absolute Gasteiger partial charge is 0.455 e. The Morgan fingerprint density at radius 3 is 1.37 bits per heavy atom. The average molecular weight is 626 g/mol. The lowest BCUT2D eigenvalue weighted by molar-refractivity contribution is 0.670. The van der Waals surface area contributed by atoms with E-state index in [2.05, 4.69) is 97.1 Å². The van der Waals surface area contributed by atoms with Crippen LogP contribution in [0.4, 0.5) is 0 Å². The summed E-state index contributed by atoms with van der Waals surface area (Å²) in [5, 5.41) is 9.56. The molecule has 0 radical (unpaired) electrons. The minimum absolute atomic E-state index is 0.611. The quantitative estimate of drug-likeness (QED) is 0.183. The van der Waals surface area contributed by atoms with Crippen molar-refractivity contribution in [3.8, 4) is 45.3 Å². The van der Waals surface area contributed by atoms with E-state index in [0.717, 1.165) is 49.8 Å². The molecule has 0 saturated carbocycles. The Kier molecular flexibility index (Phi) is 6.15. The van der Waals surface area contributed by atoms with E-state index < -0.39 is 0 Å². The number of aromatic nitrogens is 3. The van der Waals surface area contributed by atoms with Crippen LogP contribution in [0.5, 0.6) is 0 Å². The highest BCUT2D eigenvalue weighted by Gasteiger charge is 2.20. The van der Waals surface area contributed by atoms with Crippen LogP contribution in [0.2, 0.25) is 0 Å². The second-order valence-corrected chi connectivity index (χ2v) is 12.4. The maximum Gasteiger partial charge on any atom is 0.164 e. The molecule has 0 bridgehead atoms. The first-order chi connectivity index (χ1) is 24.3. The summed E-state index contributed by atoms with van der Waals surface area (Å²) >= 11 is 0. The van der Waals surface area contributed by atoms with Crippen molar-refractivity contribution in [1.29, 1.82) is 0 Å². The maximum absolute atomic E-state index is 6.83. The van der Waals surface area contributed by atoms with E-state index >= 15 is 0 Å². The standard InChI is InChI=1S/C45H27N3O/c1-3-14-28(15-4-1)43-46-44(29-16-5-2-6-17-29)48-45(47-43)37-23-12-11-22-34(37)35-24-13-25-36-40-26-38-32-20-9-7-18-30(32)31-19-8-10-21-33(31)39(38)27-41(40)49-42(35)36/h1-27H. The van der Waals surface area contributed by atoms with Gasteiger partial charge < -0.3 is 4.42 Å². The molecule has 4 nitrogen and oxygen atoms in total. The molecule has 10 aromatic rings. The fourth-order valence-electron chi connectivity index (χ4n) is 7.25. The molecule has 0 N–H and O–H groups in total. The molecule has 0 atom stereocenters. The molecule has 0 aliphatic heterocycles. The van der Waals surface area contributed by atoms with Gasteiger partial charge in [0.1, 0.15) is 11.2 Å². The lowest BCUT2D eigenvalue weighted by Gasteiger charge is -2.12. The van der Waals surface area contributed by atoms with Gasteiger partial charge in [0.2, 0.25) is 0 Å². The van der Waals surface area contributed by atoms with Gasteiger partial charge in [0.15, 0.2) is 17.5 Å². The Morgan fingerprint density at radius 2 is 0.755 bits per heavy atom. The minimum atomic E-state index is 0.611. The van der Waals surface area contributed by atoms with Crippen molar-refractivity contribution >= 4 is 54.3 Å². The van der Waals surface area contributed by atoms with Gasteiger partial charge in [-0.2, -0.15) is 0 Å². The molecule has 2 heterocycles. The first-order valence-electron chi connectivity index (χ1n) is 16.5. The van der Waals surface area contributed by atoms with Crippen molar-refractivity contribution in [2.24, 2.45) is 0 Å². The molecule has 0 fully saturated rings. The first kappa shape index (κ1) is 27.5. The molecule has 4 heteroatoms. The van der Waals surface area contributed by atoms with Crippen LogP contribution in [0.25, 0.3) is 99.5 Å². The number of hydrogen-bond donors (Lipinski definition) is 0. The average Bonchev–Trinajstić information content (AvgIpc) is 3.56. The van der Waals surface area contributed by atoms with E-state index in [-0.39, 0.29) is 0 Å². The topological polar surface area (TPSA) is 51.8 Å². The van der Waals surface area contributed by atoms with Crippen LogP contribution in [-0.4, -0.2) is 15.0 Å². The summed E-state index contributed by atoms with van der Waals surface area (Å²) in [6.45, 7) is 0. The van der Waals surface area contributed by atoms with E-state index in [0.29, 0.717) is 17.5 Å². The van der Waals surface area contributed by atoms with Crippen LogP contribution in [-0.2, 0) is 0 Å². The molecule has 0 aliphatic rings. The third-order valence-corrected chi connectivity index (χ3v) is 9.52. The number of nitrogens with zero attached hydrogens (tertiary/aromatic N) is 3. The van der Waals surface area contributed by atoms with Crippen molar-refractivity contribution in [3.05, 3.63) is 164 Å². The number of hydrogen-bond acceptors (Lipinski definition) is 4. The molecule has 0 amide bonds. The van der Waals surface area contributed by atoms with Crippen LogP contribution >= 0.6 is 0 Å². The predicted molar refractivity (Wildman–Crippen MR) is 201 cm³/mol. The summed E-state index contributed by atoms with van der Waals surface area (Å²) < 4.78 is 6.83. The minimum Gasteiger partial charge on any atom is -0.455 e. The van der Waals surface area contributed by atoms with Gasteiger partial charge in [-0.25, -0.2) is 15.0 Å². The van der Waals surface area contributed by atoms with Crippen molar-refractivity contribution in [1.82, 2.24) is 15.0 Å². The van der Waals surface area contributed by atoms with Gasteiger partial charge in [-0.1, -0.05) is 152 Å². The highest BCUT2D eigenvalue weighted by molar-refractivity contribution is 6.28. The molecule has 0 unspecified atom stereocenters. The normalized spacial score (nSPS) is 11.7. The Balaban J connectivity index is 1.22. The highest BCUT2D eigenvalue weighted by Crippen LogP contribution is 2.43. The number of para-hydroxylation sites is 1. The van der Waals surface area contributed by atoms with Gasteiger partial charge in [0, 0.05) is 33.0 Å². The summed E-state index contributed by atoms with van der Waals surface area (Å²) in [4.78, 5) is 15.0. The fraction of sp³-hybridized carbons (Fsp3) is 0. The number of rotatable bonds is 4. The lowest BCUT2D eigenvalue weighted by atomic mass is 9.93. The lowest BCUT2D eigenvalue weighted by Crippen LogP contribution is -2.01. The Bertz CT molecular complexity index is 2820. The number of benzene rings is 8. The van der Waals surface area contributed by atoms with Gasteiger partial charge in [0.05, 0.1) is 0 Å². The molecular weight excluding hydrogens is 599 g/mol. The van der Waals surface area contributed by atoms with Gasteiger partial charge >= 0.3 is 0 Å². The van der Waals surface area contributed by atoms with Gasteiger partial charge in [-0.3, -0.25) is 0 Å².